The van der Waals surface area contributed by atoms with Crippen LogP contribution in [0, 0.1) is 11.3 Å². The number of anilines is 3. The van der Waals surface area contributed by atoms with E-state index in [1.807, 2.05) is 38.4 Å². The first-order chi connectivity index (χ1) is 16.5. The molecule has 176 valence electrons. The van der Waals surface area contributed by atoms with E-state index in [2.05, 4.69) is 31.7 Å². The summed E-state index contributed by atoms with van der Waals surface area (Å²) in [6.07, 6.45) is 3.62. The van der Waals surface area contributed by atoms with Gasteiger partial charge in [-0.25, -0.2) is 9.97 Å². The zero-order valence-electron chi connectivity index (χ0n) is 19.4. The summed E-state index contributed by atoms with van der Waals surface area (Å²) in [4.78, 5) is 11.4. The smallest absolute Gasteiger partial charge is 0.227 e. The molecular weight excluding hydrogens is 432 g/mol. The van der Waals surface area contributed by atoms with E-state index in [0.717, 1.165) is 61.0 Å². The molecule has 0 amide bonds. The highest BCUT2D eigenvalue weighted by Gasteiger charge is 2.36. The highest BCUT2D eigenvalue weighted by Crippen LogP contribution is 2.41. The fraction of sp³-hybridized carbons (Fsp3) is 0.417. The first kappa shape index (κ1) is 22.3. The summed E-state index contributed by atoms with van der Waals surface area (Å²) in [5, 5.41) is 30.9. The zero-order chi connectivity index (χ0) is 23.7. The molecule has 0 radical (unpaired) electrons. The van der Waals surface area contributed by atoms with Crippen molar-refractivity contribution in [2.45, 2.75) is 18.9 Å². The second-order valence-electron chi connectivity index (χ2n) is 9.07. The number of rotatable bonds is 6. The number of hydrogen-bond donors (Lipinski definition) is 3. The molecule has 1 saturated heterocycles. The molecule has 3 N–H and O–H groups in total. The number of aliphatic hydroxyl groups is 1. The van der Waals surface area contributed by atoms with E-state index in [1.54, 1.807) is 10.9 Å². The molecule has 4 heterocycles. The third kappa shape index (κ3) is 4.21. The summed E-state index contributed by atoms with van der Waals surface area (Å²) in [7, 11) is 1.89. The summed E-state index contributed by atoms with van der Waals surface area (Å²) >= 11 is 0. The minimum Gasteiger partial charge on any atom is -0.395 e. The first-order valence-electron chi connectivity index (χ1n) is 11.4. The molecule has 0 saturated carbocycles. The molecule has 0 aliphatic carbocycles. The molecule has 34 heavy (non-hydrogen) atoms. The molecule has 10 heteroatoms. The van der Waals surface area contributed by atoms with Crippen molar-refractivity contribution in [1.29, 1.82) is 5.26 Å². The molecule has 1 fully saturated rings. The molecule has 1 atom stereocenters. The summed E-state index contributed by atoms with van der Waals surface area (Å²) in [6.45, 7) is 6.50. The molecule has 0 bridgehead atoms. The van der Waals surface area contributed by atoms with Crippen LogP contribution in [0.4, 0.5) is 17.3 Å². The van der Waals surface area contributed by atoms with E-state index >= 15 is 0 Å². The van der Waals surface area contributed by atoms with E-state index in [9.17, 15) is 10.4 Å². The Kier molecular flexibility index (Phi) is 5.91. The Labute approximate surface area is 198 Å². The number of aryl methyl sites for hydroxylation is 1. The van der Waals surface area contributed by atoms with E-state index in [0.29, 0.717) is 23.8 Å². The number of ether oxygens (including phenoxy) is 1. The van der Waals surface area contributed by atoms with Crippen LogP contribution in [0.15, 0.2) is 30.6 Å². The van der Waals surface area contributed by atoms with Gasteiger partial charge in [0.1, 0.15) is 6.07 Å². The van der Waals surface area contributed by atoms with Crippen molar-refractivity contribution in [2.24, 2.45) is 7.05 Å². The van der Waals surface area contributed by atoms with Gasteiger partial charge in [0.25, 0.3) is 0 Å². The predicted molar refractivity (Wildman–Crippen MR) is 128 cm³/mol. The summed E-state index contributed by atoms with van der Waals surface area (Å²) < 4.78 is 7.23. The van der Waals surface area contributed by atoms with Crippen molar-refractivity contribution >= 4 is 17.3 Å². The summed E-state index contributed by atoms with van der Waals surface area (Å²) in [5.41, 5.74) is 5.09. The van der Waals surface area contributed by atoms with Gasteiger partial charge in [-0.1, -0.05) is 6.92 Å². The minimum absolute atomic E-state index is 0.00910. The Morgan fingerprint density at radius 3 is 2.91 bits per heavy atom. The second-order valence-corrected chi connectivity index (χ2v) is 9.07. The number of hydrogen-bond acceptors (Lipinski definition) is 9. The van der Waals surface area contributed by atoms with Crippen molar-refractivity contribution in [3.05, 3.63) is 47.4 Å². The standard InChI is InChI=1S/C24H28N8O2/c1-24(15-33)14-27-22-17(11-25)9-16(10-18(22)24)19-3-4-26-23(28-19)29-20-12-31(2)30-21(20)13-32-5-7-34-8-6-32/h3-4,9-10,12,27,33H,5-8,13-15H2,1-2H3,(H,26,28,29). The van der Waals surface area contributed by atoms with Crippen molar-refractivity contribution in [3.63, 3.8) is 0 Å². The molecule has 1 aromatic carbocycles. The Hall–Kier alpha value is -3.52. The Balaban J connectivity index is 1.44. The van der Waals surface area contributed by atoms with Crippen LogP contribution in [0.5, 0.6) is 0 Å². The number of nitrogens with zero attached hydrogens (tertiary/aromatic N) is 6. The van der Waals surface area contributed by atoms with E-state index in [1.165, 1.54) is 0 Å². The van der Waals surface area contributed by atoms with E-state index < -0.39 is 5.41 Å². The van der Waals surface area contributed by atoms with E-state index in [-0.39, 0.29) is 6.61 Å². The summed E-state index contributed by atoms with van der Waals surface area (Å²) in [6, 6.07) is 7.93. The molecule has 2 aliphatic rings. The molecule has 10 nitrogen and oxygen atoms in total. The van der Waals surface area contributed by atoms with Crippen molar-refractivity contribution in [1.82, 2.24) is 24.6 Å². The molecule has 1 unspecified atom stereocenters. The fourth-order valence-corrected chi connectivity index (χ4v) is 4.49. The van der Waals surface area contributed by atoms with Gasteiger partial charge in [0.15, 0.2) is 0 Å². The number of aromatic nitrogens is 4. The fourth-order valence-electron chi connectivity index (χ4n) is 4.49. The van der Waals surface area contributed by atoms with Crippen LogP contribution in [0.3, 0.4) is 0 Å². The molecule has 2 aliphatic heterocycles. The van der Waals surface area contributed by atoms with Crippen LogP contribution in [0.2, 0.25) is 0 Å². The molecule has 5 rings (SSSR count). The van der Waals surface area contributed by atoms with Gasteiger partial charge in [0, 0.05) is 56.6 Å². The normalized spacial score (nSPS) is 19.9. The van der Waals surface area contributed by atoms with Gasteiger partial charge in [-0.3, -0.25) is 9.58 Å². The molecule has 0 spiro atoms. The maximum atomic E-state index is 9.97. The number of benzene rings is 1. The first-order valence-corrected chi connectivity index (χ1v) is 11.4. The topological polar surface area (TPSA) is 124 Å². The van der Waals surface area contributed by atoms with Crippen LogP contribution >= 0.6 is 0 Å². The highest BCUT2D eigenvalue weighted by molar-refractivity contribution is 5.76. The predicted octanol–water partition coefficient (Wildman–Crippen LogP) is 2.00. The number of nitrogens with one attached hydrogen (secondary N) is 2. The maximum absolute atomic E-state index is 9.97. The van der Waals surface area contributed by atoms with Gasteiger partial charge in [0.2, 0.25) is 5.95 Å². The third-order valence-corrected chi connectivity index (χ3v) is 6.49. The summed E-state index contributed by atoms with van der Waals surface area (Å²) in [5.74, 6) is 0.454. The third-order valence-electron chi connectivity index (χ3n) is 6.49. The Morgan fingerprint density at radius 1 is 1.32 bits per heavy atom. The van der Waals surface area contributed by atoms with Crippen LogP contribution in [0.1, 0.15) is 23.7 Å². The molecular formula is C24H28N8O2. The number of morpholine rings is 1. The number of nitriles is 1. The van der Waals surface area contributed by atoms with Gasteiger partial charge >= 0.3 is 0 Å². The largest absolute Gasteiger partial charge is 0.395 e. The van der Waals surface area contributed by atoms with Crippen molar-refractivity contribution in [2.75, 3.05) is 50.1 Å². The average Bonchev–Trinajstić information content (AvgIpc) is 3.38. The minimum atomic E-state index is -0.449. The SMILES string of the molecule is Cn1cc(Nc2nccc(-c3cc(C#N)c4c(c3)C(C)(CO)CN4)n2)c(CN2CCOCC2)n1. The highest BCUT2D eigenvalue weighted by atomic mass is 16.5. The van der Waals surface area contributed by atoms with Crippen molar-refractivity contribution in [3.8, 4) is 17.3 Å². The van der Waals surface area contributed by atoms with Gasteiger partial charge in [0.05, 0.1) is 48.1 Å². The Morgan fingerprint density at radius 2 is 2.15 bits per heavy atom. The molecule has 2 aromatic heterocycles. The lowest BCUT2D eigenvalue weighted by Gasteiger charge is -2.26. The van der Waals surface area contributed by atoms with E-state index in [4.69, 9.17) is 9.72 Å². The van der Waals surface area contributed by atoms with Crippen LogP contribution in [-0.2, 0) is 23.7 Å². The monoisotopic (exact) mass is 460 g/mol. The van der Waals surface area contributed by atoms with Gasteiger partial charge in [-0.05, 0) is 23.8 Å². The van der Waals surface area contributed by atoms with Crippen LogP contribution < -0.4 is 10.6 Å². The second kappa shape index (κ2) is 9.02. The van der Waals surface area contributed by atoms with Gasteiger partial charge < -0.3 is 20.5 Å². The van der Waals surface area contributed by atoms with Gasteiger partial charge in [-0.15, -0.1) is 0 Å². The lowest BCUT2D eigenvalue weighted by atomic mass is 9.83. The van der Waals surface area contributed by atoms with Crippen LogP contribution in [-0.4, -0.2) is 69.2 Å². The average molecular weight is 461 g/mol. The lowest BCUT2D eigenvalue weighted by Crippen LogP contribution is -2.35. The zero-order valence-corrected chi connectivity index (χ0v) is 19.4. The number of fused-ring (bicyclic) bond motifs is 1. The van der Waals surface area contributed by atoms with Crippen molar-refractivity contribution < 1.29 is 9.84 Å². The lowest BCUT2D eigenvalue weighted by molar-refractivity contribution is 0.0336. The number of aliphatic hydroxyl groups excluding tert-OH is 1. The Bertz CT molecular complexity index is 1240. The van der Waals surface area contributed by atoms with Crippen LogP contribution in [0.25, 0.3) is 11.3 Å². The van der Waals surface area contributed by atoms with Gasteiger partial charge in [-0.2, -0.15) is 10.4 Å². The maximum Gasteiger partial charge on any atom is 0.227 e. The molecule has 3 aromatic rings. The quantitative estimate of drug-likeness (QED) is 0.507.